The summed E-state index contributed by atoms with van der Waals surface area (Å²) >= 11 is 13.6. The van der Waals surface area contributed by atoms with Crippen LogP contribution in [0, 0.1) is 0 Å². The normalized spacial score (nSPS) is 11.7. The van der Waals surface area contributed by atoms with Gasteiger partial charge in [-0.3, -0.25) is 9.59 Å². The Morgan fingerprint density at radius 2 is 1.79 bits per heavy atom. The maximum Gasteiger partial charge on any atom is 0.242 e. The second-order valence-corrected chi connectivity index (χ2v) is 8.05. The minimum Gasteiger partial charge on any atom is -0.355 e. The lowest BCUT2D eigenvalue weighted by atomic mass is 10.1. The molecule has 2 rings (SSSR count). The zero-order chi connectivity index (χ0) is 20.5. The number of rotatable bonds is 9. The quantitative estimate of drug-likeness (QED) is 0.558. The largest absolute Gasteiger partial charge is 0.355 e. The Morgan fingerprint density at radius 1 is 1.07 bits per heavy atom. The SMILES string of the molecule is CCNC(=O)C(CC)N(Cc1ccc(Cl)c(Cl)c1)C(=O)CSc1ccccc1. The minimum absolute atomic E-state index is 0.0990. The lowest BCUT2D eigenvalue weighted by Gasteiger charge is -2.30. The van der Waals surface area contributed by atoms with Gasteiger partial charge in [0.25, 0.3) is 0 Å². The van der Waals surface area contributed by atoms with Crippen LogP contribution in [0.3, 0.4) is 0 Å². The fraction of sp³-hybridized carbons (Fsp3) is 0.333. The number of hydrogen-bond donors (Lipinski definition) is 1. The van der Waals surface area contributed by atoms with Crippen LogP contribution in [0.5, 0.6) is 0 Å². The Morgan fingerprint density at radius 3 is 2.39 bits per heavy atom. The van der Waals surface area contributed by atoms with Gasteiger partial charge in [-0.2, -0.15) is 0 Å². The van der Waals surface area contributed by atoms with Crippen molar-refractivity contribution in [1.29, 1.82) is 0 Å². The van der Waals surface area contributed by atoms with E-state index in [1.165, 1.54) is 11.8 Å². The Balaban J connectivity index is 2.21. The van der Waals surface area contributed by atoms with Crippen molar-refractivity contribution >= 4 is 46.8 Å². The summed E-state index contributed by atoms with van der Waals surface area (Å²) in [7, 11) is 0. The molecule has 0 aliphatic heterocycles. The van der Waals surface area contributed by atoms with E-state index in [9.17, 15) is 9.59 Å². The monoisotopic (exact) mass is 438 g/mol. The molecule has 0 bridgehead atoms. The molecule has 150 valence electrons. The molecule has 7 heteroatoms. The predicted octanol–water partition coefficient (Wildman–Crippen LogP) is 5.03. The third-order valence-corrected chi connectivity index (χ3v) is 5.92. The first-order valence-electron chi connectivity index (χ1n) is 9.15. The zero-order valence-electron chi connectivity index (χ0n) is 16.0. The van der Waals surface area contributed by atoms with Gasteiger partial charge >= 0.3 is 0 Å². The maximum atomic E-state index is 13.0. The number of carbonyl (C=O) groups is 2. The van der Waals surface area contributed by atoms with Gasteiger partial charge in [-0.05, 0) is 43.2 Å². The first kappa shape index (κ1) is 22.6. The fourth-order valence-corrected chi connectivity index (χ4v) is 3.92. The molecule has 1 atom stereocenters. The van der Waals surface area contributed by atoms with E-state index in [4.69, 9.17) is 23.2 Å². The van der Waals surface area contributed by atoms with Crippen molar-refractivity contribution in [2.45, 2.75) is 37.8 Å². The van der Waals surface area contributed by atoms with Crippen molar-refractivity contribution in [3.05, 3.63) is 64.1 Å². The van der Waals surface area contributed by atoms with E-state index in [-0.39, 0.29) is 17.6 Å². The zero-order valence-corrected chi connectivity index (χ0v) is 18.3. The summed E-state index contributed by atoms with van der Waals surface area (Å²) in [5, 5.41) is 3.71. The molecule has 4 nitrogen and oxygen atoms in total. The van der Waals surface area contributed by atoms with Gasteiger partial charge in [0, 0.05) is 18.0 Å². The minimum atomic E-state index is -0.543. The lowest BCUT2D eigenvalue weighted by Crippen LogP contribution is -2.49. The van der Waals surface area contributed by atoms with Gasteiger partial charge in [-0.1, -0.05) is 54.4 Å². The topological polar surface area (TPSA) is 49.4 Å². The van der Waals surface area contributed by atoms with E-state index in [1.54, 1.807) is 17.0 Å². The third kappa shape index (κ3) is 6.43. The highest BCUT2D eigenvalue weighted by Gasteiger charge is 2.28. The molecule has 2 aromatic carbocycles. The van der Waals surface area contributed by atoms with E-state index in [0.717, 1.165) is 10.5 Å². The first-order valence-corrected chi connectivity index (χ1v) is 10.9. The van der Waals surface area contributed by atoms with Gasteiger partial charge in [-0.25, -0.2) is 0 Å². The van der Waals surface area contributed by atoms with Crippen LogP contribution in [-0.2, 0) is 16.1 Å². The number of hydrogen-bond acceptors (Lipinski definition) is 3. The standard InChI is InChI=1S/C21H24Cl2N2O2S/c1-3-19(21(27)24-4-2)25(13-15-10-11-17(22)18(23)12-15)20(26)14-28-16-8-6-5-7-9-16/h5-12,19H,3-4,13-14H2,1-2H3,(H,24,27). The number of nitrogens with zero attached hydrogens (tertiary/aromatic N) is 1. The summed E-state index contributed by atoms with van der Waals surface area (Å²) in [6, 6.07) is 14.4. The molecule has 2 amide bonds. The van der Waals surface area contributed by atoms with Gasteiger partial charge in [0.1, 0.15) is 6.04 Å². The Kier molecular flexibility index (Phi) is 9.16. The highest BCUT2D eigenvalue weighted by molar-refractivity contribution is 8.00. The molecule has 2 aromatic rings. The van der Waals surface area contributed by atoms with Crippen molar-refractivity contribution < 1.29 is 9.59 Å². The van der Waals surface area contributed by atoms with Crippen LogP contribution in [-0.4, -0.2) is 35.1 Å². The van der Waals surface area contributed by atoms with Gasteiger partial charge < -0.3 is 10.2 Å². The predicted molar refractivity (Wildman–Crippen MR) is 117 cm³/mol. The molecule has 0 aliphatic rings. The molecular weight excluding hydrogens is 415 g/mol. The van der Waals surface area contributed by atoms with Gasteiger partial charge in [0.2, 0.25) is 11.8 Å². The highest BCUT2D eigenvalue weighted by atomic mass is 35.5. The summed E-state index contributed by atoms with van der Waals surface area (Å²) in [6.07, 6.45) is 0.523. The van der Waals surface area contributed by atoms with E-state index in [2.05, 4.69) is 5.32 Å². The molecule has 0 fully saturated rings. The Labute approximate surface area is 180 Å². The van der Waals surface area contributed by atoms with E-state index >= 15 is 0 Å². The molecular formula is C21H24Cl2N2O2S. The van der Waals surface area contributed by atoms with E-state index in [0.29, 0.717) is 29.6 Å². The van der Waals surface area contributed by atoms with E-state index in [1.807, 2.05) is 50.2 Å². The number of halogens is 2. The number of nitrogens with one attached hydrogen (secondary N) is 1. The summed E-state index contributed by atoms with van der Waals surface area (Å²) in [5.74, 6) is 0.00230. The van der Waals surface area contributed by atoms with Crippen LogP contribution in [0.15, 0.2) is 53.4 Å². The maximum absolute atomic E-state index is 13.0. The summed E-state index contributed by atoms with van der Waals surface area (Å²) in [5.41, 5.74) is 0.829. The molecule has 28 heavy (non-hydrogen) atoms. The van der Waals surface area contributed by atoms with Crippen LogP contribution >= 0.6 is 35.0 Å². The summed E-state index contributed by atoms with van der Waals surface area (Å²) < 4.78 is 0. The number of likely N-dealkylation sites (N-methyl/N-ethyl adjacent to an activating group) is 1. The second-order valence-electron chi connectivity index (χ2n) is 6.19. The highest BCUT2D eigenvalue weighted by Crippen LogP contribution is 2.25. The molecule has 0 aliphatic carbocycles. The van der Waals surface area contributed by atoms with Crippen molar-refractivity contribution in [2.75, 3.05) is 12.3 Å². The first-order chi connectivity index (χ1) is 13.5. The molecule has 1 N–H and O–H groups in total. The van der Waals surface area contributed by atoms with Crippen molar-refractivity contribution in [1.82, 2.24) is 10.2 Å². The fourth-order valence-electron chi connectivity index (χ4n) is 2.79. The lowest BCUT2D eigenvalue weighted by molar-refractivity contribution is -0.139. The average molecular weight is 439 g/mol. The van der Waals surface area contributed by atoms with Crippen LogP contribution in [0.2, 0.25) is 10.0 Å². The number of thioether (sulfide) groups is 1. The molecule has 0 saturated carbocycles. The molecule has 0 saturated heterocycles. The second kappa shape index (κ2) is 11.3. The van der Waals surface area contributed by atoms with Gasteiger partial charge in [-0.15, -0.1) is 11.8 Å². The van der Waals surface area contributed by atoms with Crippen LogP contribution in [0.25, 0.3) is 0 Å². The smallest absolute Gasteiger partial charge is 0.242 e. The molecule has 0 spiro atoms. The molecule has 1 unspecified atom stereocenters. The molecule has 0 aromatic heterocycles. The van der Waals surface area contributed by atoms with Crippen molar-refractivity contribution in [2.24, 2.45) is 0 Å². The average Bonchev–Trinajstić information content (AvgIpc) is 2.69. The van der Waals surface area contributed by atoms with E-state index < -0.39 is 6.04 Å². The van der Waals surface area contributed by atoms with Gasteiger partial charge in [0.15, 0.2) is 0 Å². The van der Waals surface area contributed by atoms with Crippen LogP contribution in [0.1, 0.15) is 25.8 Å². The third-order valence-electron chi connectivity index (χ3n) is 4.18. The number of benzene rings is 2. The van der Waals surface area contributed by atoms with Crippen molar-refractivity contribution in [3.63, 3.8) is 0 Å². The summed E-state index contributed by atoms with van der Waals surface area (Å²) in [6.45, 7) is 4.57. The Bertz CT molecular complexity index is 802. The molecule has 0 heterocycles. The molecule has 0 radical (unpaired) electrons. The number of amides is 2. The number of carbonyl (C=O) groups excluding carboxylic acids is 2. The van der Waals surface area contributed by atoms with Crippen LogP contribution in [0.4, 0.5) is 0 Å². The van der Waals surface area contributed by atoms with Crippen molar-refractivity contribution in [3.8, 4) is 0 Å². The summed E-state index contributed by atoms with van der Waals surface area (Å²) in [4.78, 5) is 28.2. The van der Waals surface area contributed by atoms with Crippen LogP contribution < -0.4 is 5.32 Å². The van der Waals surface area contributed by atoms with Gasteiger partial charge in [0.05, 0.1) is 15.8 Å². The Hall–Kier alpha value is -1.69.